The number of phenolic OH excluding ortho intramolecular Hbond substituents is 1. The molecule has 4 atom stereocenters. The van der Waals surface area contributed by atoms with Crippen LogP contribution in [-0.2, 0) is 35.2 Å². The number of rotatable bonds is 20. The predicted octanol–water partition coefficient (Wildman–Crippen LogP) is -0.837. The molecule has 0 aliphatic heterocycles. The molecular formula is C29H47N7O7S. The molecule has 246 valence electrons. The van der Waals surface area contributed by atoms with Crippen molar-refractivity contribution in [3.8, 4) is 5.75 Å². The van der Waals surface area contributed by atoms with Crippen LogP contribution in [0.5, 0.6) is 5.75 Å². The Kier molecular flexibility index (Phi) is 17.7. The van der Waals surface area contributed by atoms with Gasteiger partial charge in [0.2, 0.25) is 34.7 Å². The number of amides is 5. The maximum absolute atomic E-state index is 13.5. The molecule has 14 nitrogen and oxygen atoms in total. The van der Waals surface area contributed by atoms with E-state index in [1.165, 1.54) is 19.1 Å². The van der Waals surface area contributed by atoms with Crippen molar-refractivity contribution in [1.29, 1.82) is 0 Å². The number of nitrogens with one attached hydrogen (secondary N) is 4. The number of benzene rings is 1. The Bertz CT molecular complexity index is 1120. The molecule has 0 aliphatic rings. The molecule has 0 aliphatic carbocycles. The van der Waals surface area contributed by atoms with Crippen LogP contribution < -0.4 is 38.5 Å². The van der Waals surface area contributed by atoms with Crippen molar-refractivity contribution in [3.05, 3.63) is 29.8 Å². The summed E-state index contributed by atoms with van der Waals surface area (Å²) in [7, 11) is 0. The van der Waals surface area contributed by atoms with E-state index in [1.807, 2.05) is 13.8 Å². The van der Waals surface area contributed by atoms with Gasteiger partial charge < -0.3 is 43.6 Å². The second kappa shape index (κ2) is 20.3. The average molecular weight is 638 g/mol. The largest absolute Gasteiger partial charge is 0.508 e. The van der Waals surface area contributed by atoms with Crippen LogP contribution in [0.2, 0.25) is 0 Å². The van der Waals surface area contributed by atoms with Crippen molar-refractivity contribution in [2.24, 2.45) is 23.1 Å². The van der Waals surface area contributed by atoms with Crippen LogP contribution in [-0.4, -0.2) is 82.8 Å². The highest BCUT2D eigenvalue weighted by Crippen LogP contribution is 2.13. The summed E-state index contributed by atoms with van der Waals surface area (Å²) in [5.74, 6) is -2.56. The summed E-state index contributed by atoms with van der Waals surface area (Å²) in [4.78, 5) is 74.8. The molecule has 11 N–H and O–H groups in total. The maximum Gasteiger partial charge on any atom is 0.243 e. The zero-order valence-electron chi connectivity index (χ0n) is 25.6. The van der Waals surface area contributed by atoms with Crippen LogP contribution in [0.4, 0.5) is 0 Å². The SMILES string of the molecule is CC(C)C[C@H](N)C(=O)N[C@@H](Cc1ccc(O)cc1)C(=O)N[C@@H](CCCCN)C(=O)N[C@@H](C)C(=O)NCC(=O)SCCC(N)=O. The molecular weight excluding hydrogens is 590 g/mol. The molecule has 15 heteroatoms. The molecule has 1 rings (SSSR count). The van der Waals surface area contributed by atoms with Crippen LogP contribution in [0, 0.1) is 5.92 Å². The third kappa shape index (κ3) is 15.7. The molecule has 0 radical (unpaired) electrons. The second-order valence-corrected chi connectivity index (χ2v) is 12.1. The van der Waals surface area contributed by atoms with Gasteiger partial charge in [0.1, 0.15) is 23.9 Å². The first-order valence-electron chi connectivity index (χ1n) is 14.6. The number of unbranched alkanes of at least 4 members (excludes halogenated alkanes) is 1. The minimum absolute atomic E-state index is 0.0261. The van der Waals surface area contributed by atoms with E-state index < -0.39 is 53.7 Å². The van der Waals surface area contributed by atoms with E-state index in [0.29, 0.717) is 31.4 Å². The van der Waals surface area contributed by atoms with Crippen molar-refractivity contribution in [2.45, 2.75) is 83.5 Å². The van der Waals surface area contributed by atoms with Gasteiger partial charge in [-0.2, -0.15) is 0 Å². The molecule has 0 saturated heterocycles. The Hall–Kier alpha value is -3.69. The average Bonchev–Trinajstić information content (AvgIpc) is 2.95. The van der Waals surface area contributed by atoms with Gasteiger partial charge in [0.15, 0.2) is 0 Å². The summed E-state index contributed by atoms with van der Waals surface area (Å²) < 4.78 is 0. The first-order valence-corrected chi connectivity index (χ1v) is 15.6. The zero-order chi connectivity index (χ0) is 33.2. The molecule has 0 spiro atoms. The highest BCUT2D eigenvalue weighted by molar-refractivity contribution is 8.13. The molecule has 0 heterocycles. The molecule has 5 amide bonds. The lowest BCUT2D eigenvalue weighted by Gasteiger charge is -2.25. The number of phenols is 1. The molecule has 1 aromatic carbocycles. The fourth-order valence-corrected chi connectivity index (χ4v) is 4.72. The Morgan fingerprint density at radius 3 is 2.07 bits per heavy atom. The zero-order valence-corrected chi connectivity index (χ0v) is 26.4. The quantitative estimate of drug-likeness (QED) is 0.0824. The van der Waals surface area contributed by atoms with E-state index in [4.69, 9.17) is 17.2 Å². The number of carbonyl (C=O) groups excluding carboxylic acids is 6. The summed E-state index contributed by atoms with van der Waals surface area (Å²) in [5.41, 5.74) is 17.3. The predicted molar refractivity (Wildman–Crippen MR) is 168 cm³/mol. The first kappa shape index (κ1) is 38.3. The van der Waals surface area contributed by atoms with Gasteiger partial charge in [-0.05, 0) is 62.8 Å². The first-order chi connectivity index (χ1) is 20.7. The van der Waals surface area contributed by atoms with Crippen molar-refractivity contribution in [2.75, 3.05) is 18.8 Å². The van der Waals surface area contributed by atoms with Crippen molar-refractivity contribution in [1.82, 2.24) is 21.3 Å². The summed E-state index contributed by atoms with van der Waals surface area (Å²) in [6, 6.07) is 2.11. The van der Waals surface area contributed by atoms with Crippen LogP contribution >= 0.6 is 11.8 Å². The number of nitrogens with two attached hydrogens (primary N) is 3. The Morgan fingerprint density at radius 1 is 0.864 bits per heavy atom. The highest BCUT2D eigenvalue weighted by atomic mass is 32.2. The van der Waals surface area contributed by atoms with E-state index in [2.05, 4.69) is 21.3 Å². The van der Waals surface area contributed by atoms with E-state index in [1.54, 1.807) is 12.1 Å². The molecule has 0 fully saturated rings. The van der Waals surface area contributed by atoms with E-state index in [0.717, 1.165) is 11.8 Å². The van der Waals surface area contributed by atoms with Crippen molar-refractivity contribution < 1.29 is 33.9 Å². The van der Waals surface area contributed by atoms with Crippen molar-refractivity contribution in [3.63, 3.8) is 0 Å². The summed E-state index contributed by atoms with van der Waals surface area (Å²) in [6.45, 7) is 5.34. The van der Waals surface area contributed by atoms with Crippen LogP contribution in [0.25, 0.3) is 0 Å². The Morgan fingerprint density at radius 2 is 1.48 bits per heavy atom. The monoisotopic (exact) mass is 637 g/mol. The van der Waals surface area contributed by atoms with Gasteiger partial charge in [0, 0.05) is 18.6 Å². The van der Waals surface area contributed by atoms with Gasteiger partial charge in [0.05, 0.1) is 12.6 Å². The van der Waals surface area contributed by atoms with Crippen LogP contribution in [0.3, 0.4) is 0 Å². The minimum atomic E-state index is -1.09. The molecule has 1 aromatic rings. The molecule has 0 aromatic heterocycles. The van der Waals surface area contributed by atoms with Gasteiger partial charge in [0.25, 0.3) is 0 Å². The summed E-state index contributed by atoms with van der Waals surface area (Å²) >= 11 is 0.858. The van der Waals surface area contributed by atoms with Crippen LogP contribution in [0.1, 0.15) is 58.4 Å². The molecule has 0 unspecified atom stereocenters. The number of thioether (sulfide) groups is 1. The summed E-state index contributed by atoms with van der Waals surface area (Å²) in [5, 5.41) is 19.6. The Labute approximate surface area is 262 Å². The fraction of sp³-hybridized carbons (Fsp3) is 0.586. The third-order valence-electron chi connectivity index (χ3n) is 6.42. The van der Waals surface area contributed by atoms with Crippen LogP contribution in [0.15, 0.2) is 24.3 Å². The number of hydrogen-bond donors (Lipinski definition) is 8. The maximum atomic E-state index is 13.5. The number of hydrogen-bond acceptors (Lipinski definition) is 10. The molecule has 0 saturated carbocycles. The Balaban J connectivity index is 2.97. The van der Waals surface area contributed by atoms with E-state index in [9.17, 15) is 33.9 Å². The molecule has 44 heavy (non-hydrogen) atoms. The van der Waals surface area contributed by atoms with Gasteiger partial charge in [-0.3, -0.25) is 28.8 Å². The highest BCUT2D eigenvalue weighted by Gasteiger charge is 2.30. The summed E-state index contributed by atoms with van der Waals surface area (Å²) in [6.07, 6.45) is 1.79. The fourth-order valence-electron chi connectivity index (χ4n) is 4.01. The lowest BCUT2D eigenvalue weighted by atomic mass is 10.0. The van der Waals surface area contributed by atoms with Gasteiger partial charge in [-0.1, -0.05) is 37.7 Å². The lowest BCUT2D eigenvalue weighted by molar-refractivity contribution is -0.134. The topological polar surface area (TPSA) is 249 Å². The number of primary amides is 1. The smallest absolute Gasteiger partial charge is 0.243 e. The van der Waals surface area contributed by atoms with Gasteiger partial charge >= 0.3 is 0 Å². The number of aromatic hydroxyl groups is 1. The standard InChI is InChI=1S/C29H47N7O7S/c1-17(2)14-21(31)27(41)36-23(15-19-7-9-20(37)10-8-19)29(43)35-22(6-4-5-12-30)28(42)34-18(3)26(40)33-16-25(39)44-13-11-24(32)38/h7-10,17-18,21-23,37H,4-6,11-16,30-31H2,1-3H3,(H2,32,38)(H,33,40)(H,34,42)(H,35,43)(H,36,41)/t18-,21-,22-,23-/m0/s1. The van der Waals surface area contributed by atoms with Gasteiger partial charge in [-0.25, -0.2) is 0 Å². The third-order valence-corrected chi connectivity index (χ3v) is 7.30. The van der Waals surface area contributed by atoms with E-state index in [-0.39, 0.29) is 48.3 Å². The van der Waals surface area contributed by atoms with Gasteiger partial charge in [-0.15, -0.1) is 0 Å². The molecule has 0 bridgehead atoms. The number of carbonyl (C=O) groups is 6. The van der Waals surface area contributed by atoms with E-state index >= 15 is 0 Å². The second-order valence-electron chi connectivity index (χ2n) is 10.9. The van der Waals surface area contributed by atoms with Crippen molar-refractivity contribution >= 4 is 46.4 Å². The minimum Gasteiger partial charge on any atom is -0.508 e. The lowest BCUT2D eigenvalue weighted by Crippen LogP contribution is -2.58. The normalized spacial score (nSPS) is 13.7.